The number of anilines is 1. The molecule has 2 aromatic carbocycles. The Hall–Kier alpha value is -3.57. The summed E-state index contributed by atoms with van der Waals surface area (Å²) in [6.45, 7) is 2.07. The number of benzene rings is 2. The second kappa shape index (κ2) is 8.17. The molecule has 6 N–H and O–H groups in total. The lowest BCUT2D eigenvalue weighted by Crippen LogP contribution is -2.24. The number of H-pyrrole nitrogens is 1. The predicted octanol–water partition coefficient (Wildman–Crippen LogP) is 2.48. The van der Waals surface area contributed by atoms with Crippen molar-refractivity contribution in [2.45, 2.75) is 24.1 Å². The van der Waals surface area contributed by atoms with Gasteiger partial charge in [-0.15, -0.1) is 0 Å². The maximum absolute atomic E-state index is 13.2. The van der Waals surface area contributed by atoms with Gasteiger partial charge in [0.2, 0.25) is 0 Å². The molecule has 1 aromatic heterocycles. The second-order valence-corrected chi connectivity index (χ2v) is 9.57. The number of nitrogens with zero attached hydrogens (tertiary/aromatic N) is 2. The van der Waals surface area contributed by atoms with E-state index in [-0.39, 0.29) is 32.7 Å². The van der Waals surface area contributed by atoms with Gasteiger partial charge in [-0.3, -0.25) is 4.79 Å². The quantitative estimate of drug-likeness (QED) is 0.330. The van der Waals surface area contributed by atoms with E-state index in [1.807, 2.05) is 0 Å². The zero-order valence-corrected chi connectivity index (χ0v) is 18.4. The van der Waals surface area contributed by atoms with Gasteiger partial charge in [-0.2, -0.15) is 4.99 Å². The summed E-state index contributed by atoms with van der Waals surface area (Å²) in [5.74, 6) is -1.20. The normalized spacial score (nSPS) is 13.8. The number of carbonyl (C=O) groups excluding carboxylic acids is 1. The average molecular weight is 475 g/mol. The van der Waals surface area contributed by atoms with Gasteiger partial charge in [0, 0.05) is 23.0 Å². The first kappa shape index (κ1) is 21.7. The van der Waals surface area contributed by atoms with Crippen LogP contribution in [0.15, 0.2) is 46.7 Å². The van der Waals surface area contributed by atoms with Crippen molar-refractivity contribution in [3.8, 4) is 11.5 Å². The summed E-state index contributed by atoms with van der Waals surface area (Å²) in [6, 6.07) is 5.99. The molecule has 3 aromatic rings. The largest absolute Gasteiger partial charge is 0.454 e. The number of rotatable bonds is 4. The van der Waals surface area contributed by atoms with Gasteiger partial charge in [0.05, 0.1) is 29.3 Å². The molecule has 12 heteroatoms. The molecule has 0 radical (unpaired) electrons. The Balaban J connectivity index is 1.75. The predicted molar refractivity (Wildman–Crippen MR) is 120 cm³/mol. The third-order valence-corrected chi connectivity index (χ3v) is 6.71. The van der Waals surface area contributed by atoms with Crippen molar-refractivity contribution in [1.82, 2.24) is 9.97 Å². The summed E-state index contributed by atoms with van der Waals surface area (Å²) >= 11 is 6.45. The van der Waals surface area contributed by atoms with Crippen LogP contribution in [0.4, 0.5) is 5.69 Å². The number of hydrogen-bond acceptors (Lipinski definition) is 6. The molecule has 0 spiro atoms. The zero-order valence-electron chi connectivity index (χ0n) is 16.8. The van der Waals surface area contributed by atoms with E-state index in [1.165, 1.54) is 12.1 Å². The van der Waals surface area contributed by atoms with E-state index in [4.69, 9.17) is 27.8 Å². The van der Waals surface area contributed by atoms with Crippen LogP contribution in [-0.4, -0.2) is 30.3 Å². The lowest BCUT2D eigenvalue weighted by atomic mass is 10.1. The number of aromatic nitrogens is 2. The third kappa shape index (κ3) is 4.25. The molecule has 1 aliphatic rings. The number of amides is 1. The van der Waals surface area contributed by atoms with E-state index < -0.39 is 21.7 Å². The highest BCUT2D eigenvalue weighted by Gasteiger charge is 2.31. The average Bonchev–Trinajstić information content (AvgIpc) is 3.18. The van der Waals surface area contributed by atoms with Crippen LogP contribution in [-0.2, 0) is 22.1 Å². The van der Waals surface area contributed by atoms with Crippen molar-refractivity contribution < 1.29 is 17.9 Å². The summed E-state index contributed by atoms with van der Waals surface area (Å²) in [5.41, 5.74) is 12.8. The van der Waals surface area contributed by atoms with Crippen molar-refractivity contribution in [3.63, 3.8) is 0 Å². The van der Waals surface area contributed by atoms with Crippen molar-refractivity contribution >= 4 is 39.0 Å². The van der Waals surface area contributed by atoms with Gasteiger partial charge >= 0.3 is 0 Å². The zero-order chi connectivity index (χ0) is 23.0. The molecular formula is C20H19ClN6O4S. The first-order valence-corrected chi connectivity index (χ1v) is 11.4. The van der Waals surface area contributed by atoms with Crippen molar-refractivity contribution in [2.24, 2.45) is 16.5 Å². The van der Waals surface area contributed by atoms with Crippen molar-refractivity contribution in [1.29, 1.82) is 0 Å². The Bertz CT molecular complexity index is 1350. The van der Waals surface area contributed by atoms with E-state index in [0.29, 0.717) is 23.4 Å². The molecule has 0 fully saturated rings. The smallest absolute Gasteiger partial charge is 0.280 e. The standard InChI is InChI=1S/C20H19ClN6O4S/c1-10-2-11(19(28)27-20(22)23)4-16-17(10)31-18-12(8-32(16,29)30)3-13(5-15(18)21)25-7-14-6-24-9-26-14/h2-6,9,25H,7-8H2,1H3,(H,24,26)(H4,22,23,27,28). The number of aromatic amines is 1. The Morgan fingerprint density at radius 1 is 1.28 bits per heavy atom. The highest BCUT2D eigenvalue weighted by atomic mass is 35.5. The molecule has 0 bridgehead atoms. The number of imidazole rings is 1. The van der Waals surface area contributed by atoms with Gasteiger partial charge in [0.15, 0.2) is 15.8 Å². The monoisotopic (exact) mass is 474 g/mol. The van der Waals surface area contributed by atoms with Gasteiger partial charge in [-0.05, 0) is 36.8 Å². The van der Waals surface area contributed by atoms with Crippen LogP contribution in [0.3, 0.4) is 0 Å². The molecule has 2 heterocycles. The number of sulfone groups is 1. The van der Waals surface area contributed by atoms with E-state index in [9.17, 15) is 13.2 Å². The highest BCUT2D eigenvalue weighted by molar-refractivity contribution is 7.90. The number of nitrogens with one attached hydrogen (secondary N) is 2. The van der Waals surface area contributed by atoms with Gasteiger partial charge in [0.25, 0.3) is 5.91 Å². The molecule has 0 aliphatic carbocycles. The van der Waals surface area contributed by atoms with Crippen LogP contribution in [0, 0.1) is 6.92 Å². The number of ether oxygens (including phenoxy) is 1. The minimum atomic E-state index is -3.88. The molecule has 0 atom stereocenters. The van der Waals surface area contributed by atoms with Gasteiger partial charge in [-0.1, -0.05) is 11.6 Å². The van der Waals surface area contributed by atoms with Crippen molar-refractivity contribution in [3.05, 3.63) is 64.2 Å². The molecule has 4 rings (SSSR count). The maximum Gasteiger partial charge on any atom is 0.280 e. The first-order chi connectivity index (χ1) is 15.1. The number of guanidine groups is 1. The van der Waals surface area contributed by atoms with Crippen LogP contribution >= 0.6 is 11.6 Å². The van der Waals surface area contributed by atoms with Crippen LogP contribution in [0.2, 0.25) is 5.02 Å². The summed E-state index contributed by atoms with van der Waals surface area (Å²) in [4.78, 5) is 22.5. The Labute approximate surface area is 188 Å². The molecule has 0 saturated heterocycles. The molecule has 1 amide bonds. The minimum absolute atomic E-state index is 0.0285. The van der Waals surface area contributed by atoms with Crippen LogP contribution in [0.1, 0.15) is 27.2 Å². The Morgan fingerprint density at radius 2 is 2.06 bits per heavy atom. The molecule has 32 heavy (non-hydrogen) atoms. The van der Waals surface area contributed by atoms with Crippen LogP contribution in [0.5, 0.6) is 11.5 Å². The van der Waals surface area contributed by atoms with Gasteiger partial charge < -0.3 is 26.5 Å². The molecule has 0 saturated carbocycles. The summed E-state index contributed by atoms with van der Waals surface area (Å²) in [6.07, 6.45) is 3.24. The number of aliphatic imine (C=N–C) groups is 1. The topological polar surface area (TPSA) is 166 Å². The number of aryl methyl sites for hydroxylation is 1. The van der Waals surface area contributed by atoms with Crippen LogP contribution in [0.25, 0.3) is 0 Å². The fourth-order valence-corrected chi connectivity index (χ4v) is 5.19. The molecule has 1 aliphatic heterocycles. The molecule has 10 nitrogen and oxygen atoms in total. The third-order valence-electron chi connectivity index (χ3n) is 4.76. The number of hydrogen-bond donors (Lipinski definition) is 4. The van der Waals surface area contributed by atoms with Crippen molar-refractivity contribution in [2.75, 3.05) is 5.32 Å². The van der Waals surface area contributed by atoms with E-state index in [2.05, 4.69) is 20.3 Å². The second-order valence-electron chi connectivity index (χ2n) is 7.20. The minimum Gasteiger partial charge on any atom is -0.454 e. The number of halogens is 1. The Morgan fingerprint density at radius 3 is 2.75 bits per heavy atom. The number of nitrogens with two attached hydrogens (primary N) is 2. The van der Waals surface area contributed by atoms with Gasteiger partial charge in [-0.25, -0.2) is 13.4 Å². The van der Waals surface area contributed by atoms with Crippen LogP contribution < -0.4 is 21.5 Å². The Kier molecular flexibility index (Phi) is 5.53. The lowest BCUT2D eigenvalue weighted by Gasteiger charge is -2.14. The molecule has 166 valence electrons. The lowest BCUT2D eigenvalue weighted by molar-refractivity contribution is 0.100. The summed E-state index contributed by atoms with van der Waals surface area (Å²) in [7, 11) is -3.88. The summed E-state index contributed by atoms with van der Waals surface area (Å²) < 4.78 is 32.4. The molecular weight excluding hydrogens is 456 g/mol. The summed E-state index contributed by atoms with van der Waals surface area (Å²) in [5, 5.41) is 3.42. The molecule has 0 unspecified atom stereocenters. The van der Waals surface area contributed by atoms with E-state index >= 15 is 0 Å². The first-order valence-electron chi connectivity index (χ1n) is 9.37. The maximum atomic E-state index is 13.2. The van der Waals surface area contributed by atoms with E-state index in [1.54, 1.807) is 31.6 Å². The fraction of sp³-hybridized carbons (Fsp3) is 0.150. The highest BCUT2D eigenvalue weighted by Crippen LogP contribution is 2.44. The number of carbonyl (C=O) groups is 1. The SMILES string of the molecule is Cc1cc(C(=O)N=C(N)N)cc2c1Oc1c(Cl)cc(NCc3cnc[nH]3)cc1CS2(=O)=O. The fourth-order valence-electron chi connectivity index (χ4n) is 3.35. The number of fused-ring (bicyclic) bond motifs is 2. The van der Waals surface area contributed by atoms with E-state index in [0.717, 1.165) is 5.69 Å². The van der Waals surface area contributed by atoms with Gasteiger partial charge in [0.1, 0.15) is 16.4 Å².